The van der Waals surface area contributed by atoms with Crippen molar-refractivity contribution in [3.8, 4) is 0 Å². The highest BCUT2D eigenvalue weighted by atomic mass is 28.2. The Balaban J connectivity index is 2.09. The molecular formula is C17H24Si. The maximum Gasteiger partial charge on any atom is 0.0832 e. The van der Waals surface area contributed by atoms with Crippen LogP contribution in [0, 0.1) is 0 Å². The second-order valence-electron chi connectivity index (χ2n) is 5.27. The number of allylic oxidation sites excluding steroid dienone is 4. The molecule has 1 heteroatoms. The van der Waals surface area contributed by atoms with E-state index in [9.17, 15) is 0 Å². The van der Waals surface area contributed by atoms with Gasteiger partial charge in [-0.2, -0.15) is 0 Å². The fourth-order valence-corrected chi connectivity index (χ4v) is 4.76. The van der Waals surface area contributed by atoms with E-state index in [4.69, 9.17) is 0 Å². The molecule has 18 heavy (non-hydrogen) atoms. The summed E-state index contributed by atoms with van der Waals surface area (Å²) in [6.07, 6.45) is 8.92. The van der Waals surface area contributed by atoms with Crippen molar-refractivity contribution in [1.82, 2.24) is 0 Å². The second-order valence-corrected chi connectivity index (χ2v) is 7.29. The van der Waals surface area contributed by atoms with Gasteiger partial charge in [0.1, 0.15) is 0 Å². The first kappa shape index (κ1) is 13.4. The van der Waals surface area contributed by atoms with Crippen LogP contribution in [0.1, 0.15) is 46.0 Å². The molecule has 96 valence electrons. The maximum absolute atomic E-state index is 2.51. The summed E-state index contributed by atoms with van der Waals surface area (Å²) in [7, 11) is -0.224. The van der Waals surface area contributed by atoms with E-state index in [0.717, 1.165) is 0 Å². The minimum atomic E-state index is -0.224. The standard InChI is InChI=1S/C17H24Si/c1-3-8-14-12-15(9-4-2)17(13-14)18-16-10-6-5-7-11-16/h5-7,10-12H,3-4,8-9,13,18H2,1-2H3. The summed E-state index contributed by atoms with van der Waals surface area (Å²) in [5.74, 6) is 0. The van der Waals surface area contributed by atoms with Gasteiger partial charge in [-0.25, -0.2) is 0 Å². The molecule has 1 aliphatic rings. The zero-order chi connectivity index (χ0) is 12.8. The first-order valence-corrected chi connectivity index (χ1v) is 8.69. The summed E-state index contributed by atoms with van der Waals surface area (Å²) in [6, 6.07) is 11.1. The van der Waals surface area contributed by atoms with Crippen molar-refractivity contribution in [2.45, 2.75) is 46.0 Å². The normalized spacial score (nSPS) is 15.8. The van der Waals surface area contributed by atoms with Crippen molar-refractivity contribution < 1.29 is 0 Å². The molecule has 0 saturated heterocycles. The van der Waals surface area contributed by atoms with E-state index in [1.807, 2.05) is 0 Å². The van der Waals surface area contributed by atoms with Gasteiger partial charge in [-0.15, -0.1) is 0 Å². The molecule has 0 aliphatic heterocycles. The van der Waals surface area contributed by atoms with Crippen LogP contribution in [0.2, 0.25) is 0 Å². The molecule has 0 atom stereocenters. The van der Waals surface area contributed by atoms with Crippen LogP contribution in [0.4, 0.5) is 0 Å². The molecule has 0 nitrogen and oxygen atoms in total. The van der Waals surface area contributed by atoms with Gasteiger partial charge >= 0.3 is 0 Å². The fraction of sp³-hybridized carbons (Fsp3) is 0.412. The average molecular weight is 256 g/mol. The lowest BCUT2D eigenvalue weighted by molar-refractivity contribution is 0.884. The molecule has 0 fully saturated rings. The number of hydrogen-bond donors (Lipinski definition) is 0. The molecule has 1 aliphatic carbocycles. The second kappa shape index (κ2) is 6.74. The topological polar surface area (TPSA) is 0 Å². The Labute approximate surface area is 114 Å². The van der Waals surface area contributed by atoms with Crippen LogP contribution < -0.4 is 5.19 Å². The lowest BCUT2D eigenvalue weighted by Gasteiger charge is -2.07. The minimum absolute atomic E-state index is 0.224. The van der Waals surface area contributed by atoms with Crippen LogP contribution in [0.15, 0.2) is 52.8 Å². The summed E-state index contributed by atoms with van der Waals surface area (Å²) in [4.78, 5) is 0. The quantitative estimate of drug-likeness (QED) is 0.681. The summed E-state index contributed by atoms with van der Waals surface area (Å²) >= 11 is 0. The molecule has 0 spiro atoms. The molecule has 0 amide bonds. The van der Waals surface area contributed by atoms with Crippen LogP contribution in [0.3, 0.4) is 0 Å². The molecular weight excluding hydrogens is 232 g/mol. The van der Waals surface area contributed by atoms with Gasteiger partial charge in [0.05, 0.1) is 9.52 Å². The number of hydrogen-bond acceptors (Lipinski definition) is 0. The van der Waals surface area contributed by atoms with Gasteiger partial charge in [0.25, 0.3) is 0 Å². The summed E-state index contributed by atoms with van der Waals surface area (Å²) in [6.45, 7) is 4.58. The third kappa shape index (κ3) is 3.46. The predicted octanol–water partition coefficient (Wildman–Crippen LogP) is 3.67. The predicted molar refractivity (Wildman–Crippen MR) is 84.2 cm³/mol. The Hall–Kier alpha value is -1.08. The van der Waals surface area contributed by atoms with Crippen molar-refractivity contribution in [3.63, 3.8) is 0 Å². The monoisotopic (exact) mass is 256 g/mol. The summed E-state index contributed by atoms with van der Waals surface area (Å²) in [5.41, 5.74) is 3.36. The van der Waals surface area contributed by atoms with Gasteiger partial charge in [0, 0.05) is 0 Å². The molecule has 0 unspecified atom stereocenters. The Morgan fingerprint density at radius 3 is 2.39 bits per heavy atom. The average Bonchev–Trinajstić information content (AvgIpc) is 2.74. The zero-order valence-electron chi connectivity index (χ0n) is 11.7. The Bertz CT molecular complexity index is 440. The highest BCUT2D eigenvalue weighted by Crippen LogP contribution is 2.30. The third-order valence-corrected chi connectivity index (χ3v) is 5.63. The first-order valence-electron chi connectivity index (χ1n) is 7.27. The molecule has 0 radical (unpaired) electrons. The smallest absolute Gasteiger partial charge is 0.0755 e. The van der Waals surface area contributed by atoms with Crippen molar-refractivity contribution >= 4 is 14.7 Å². The summed E-state index contributed by atoms with van der Waals surface area (Å²) in [5, 5.41) is 3.39. The van der Waals surface area contributed by atoms with E-state index < -0.39 is 0 Å². The molecule has 0 aromatic heterocycles. The minimum Gasteiger partial charge on any atom is -0.0755 e. The van der Waals surface area contributed by atoms with E-state index in [-0.39, 0.29) is 9.52 Å². The molecule has 1 aromatic rings. The van der Waals surface area contributed by atoms with Crippen molar-refractivity contribution in [2.24, 2.45) is 0 Å². The van der Waals surface area contributed by atoms with Gasteiger partial charge in [0.2, 0.25) is 0 Å². The van der Waals surface area contributed by atoms with Gasteiger partial charge in [-0.3, -0.25) is 0 Å². The Morgan fingerprint density at radius 2 is 1.72 bits per heavy atom. The third-order valence-electron chi connectivity index (χ3n) is 3.62. The summed E-state index contributed by atoms with van der Waals surface area (Å²) < 4.78 is 0. The van der Waals surface area contributed by atoms with Gasteiger partial charge in [0.15, 0.2) is 0 Å². The molecule has 0 bridgehead atoms. The van der Waals surface area contributed by atoms with Crippen molar-refractivity contribution in [3.05, 3.63) is 52.8 Å². The Morgan fingerprint density at radius 1 is 1.00 bits per heavy atom. The van der Waals surface area contributed by atoms with Gasteiger partial charge in [-0.1, -0.05) is 84.6 Å². The molecule has 0 N–H and O–H groups in total. The van der Waals surface area contributed by atoms with Crippen LogP contribution in [0.5, 0.6) is 0 Å². The fourth-order valence-electron chi connectivity index (χ4n) is 2.81. The van der Waals surface area contributed by atoms with E-state index in [1.165, 1.54) is 32.1 Å². The van der Waals surface area contributed by atoms with Crippen molar-refractivity contribution in [1.29, 1.82) is 0 Å². The van der Waals surface area contributed by atoms with Crippen molar-refractivity contribution in [2.75, 3.05) is 0 Å². The number of benzene rings is 1. The SMILES string of the molecule is CCCC1=CC(CCC)=C([SiH2]c2ccccc2)C1. The van der Waals surface area contributed by atoms with Gasteiger partial charge in [-0.05, 0) is 19.3 Å². The number of rotatable bonds is 6. The molecule has 0 heterocycles. The van der Waals surface area contributed by atoms with Crippen LogP contribution in [-0.2, 0) is 0 Å². The lowest BCUT2D eigenvalue weighted by atomic mass is 10.1. The van der Waals surface area contributed by atoms with E-state index >= 15 is 0 Å². The maximum atomic E-state index is 2.51. The van der Waals surface area contributed by atoms with E-state index in [0.29, 0.717) is 0 Å². The van der Waals surface area contributed by atoms with Crippen LogP contribution >= 0.6 is 0 Å². The highest BCUT2D eigenvalue weighted by Gasteiger charge is 2.15. The van der Waals surface area contributed by atoms with Gasteiger partial charge < -0.3 is 0 Å². The Kier molecular flexibility index (Phi) is 5.00. The van der Waals surface area contributed by atoms with E-state index in [1.54, 1.807) is 21.5 Å². The lowest BCUT2D eigenvalue weighted by Crippen LogP contribution is -2.16. The van der Waals surface area contributed by atoms with Crippen LogP contribution in [0.25, 0.3) is 0 Å². The zero-order valence-corrected chi connectivity index (χ0v) is 13.1. The highest BCUT2D eigenvalue weighted by molar-refractivity contribution is 6.61. The first-order chi connectivity index (χ1) is 8.83. The molecule has 2 rings (SSSR count). The van der Waals surface area contributed by atoms with Crippen LogP contribution in [-0.4, -0.2) is 9.52 Å². The van der Waals surface area contributed by atoms with E-state index in [2.05, 4.69) is 50.3 Å². The molecule has 0 saturated carbocycles. The largest absolute Gasteiger partial charge is 0.0832 e. The molecule has 1 aromatic carbocycles.